The molecule has 3 fully saturated rings. The minimum atomic E-state index is -1.42. The van der Waals surface area contributed by atoms with Gasteiger partial charge in [-0.25, -0.2) is 14.2 Å². The SMILES string of the molecule is C[C@H]1CC[C@@H]2[C@@H](OC(=O)C23C[C@H](c2ccccc2F)N(c2ccccc2)O3)[C@]2(C)C(=O)C=C[C@@]12O. The van der Waals surface area contributed by atoms with Crippen molar-refractivity contribution in [2.45, 2.75) is 56.5 Å². The van der Waals surface area contributed by atoms with Crippen LogP contribution in [0.25, 0.3) is 0 Å². The number of hydroxylamine groups is 1. The van der Waals surface area contributed by atoms with Gasteiger partial charge in [0.15, 0.2) is 5.78 Å². The van der Waals surface area contributed by atoms with E-state index in [4.69, 9.17) is 9.57 Å². The predicted molar refractivity (Wildman–Crippen MR) is 125 cm³/mol. The van der Waals surface area contributed by atoms with E-state index >= 15 is 4.39 Å². The minimum absolute atomic E-state index is 0.174. The number of carbonyl (C=O) groups excluding carboxylic acids is 2. The maximum atomic E-state index is 15.0. The molecule has 2 saturated heterocycles. The maximum absolute atomic E-state index is 15.0. The fourth-order valence-electron chi connectivity index (χ4n) is 6.81. The van der Waals surface area contributed by atoms with E-state index in [2.05, 4.69) is 0 Å². The molecule has 6 rings (SSSR count). The Balaban J connectivity index is 1.47. The van der Waals surface area contributed by atoms with E-state index in [-0.39, 0.29) is 23.9 Å². The van der Waals surface area contributed by atoms with Crippen LogP contribution in [0, 0.1) is 23.1 Å². The second kappa shape index (κ2) is 7.48. The van der Waals surface area contributed by atoms with Gasteiger partial charge >= 0.3 is 5.97 Å². The van der Waals surface area contributed by atoms with E-state index in [1.54, 1.807) is 36.3 Å². The Labute approximate surface area is 203 Å². The smallest absolute Gasteiger partial charge is 0.342 e. The molecule has 2 aromatic carbocycles. The van der Waals surface area contributed by atoms with Crippen molar-refractivity contribution in [3.8, 4) is 0 Å². The topological polar surface area (TPSA) is 76.1 Å². The van der Waals surface area contributed by atoms with Crippen molar-refractivity contribution in [2.24, 2.45) is 17.3 Å². The van der Waals surface area contributed by atoms with Crippen LogP contribution in [0.3, 0.4) is 0 Å². The van der Waals surface area contributed by atoms with Crippen molar-refractivity contribution in [1.82, 2.24) is 0 Å². The van der Waals surface area contributed by atoms with Crippen LogP contribution in [0.5, 0.6) is 0 Å². The number of ketones is 1. The number of anilines is 1. The molecule has 2 heterocycles. The third kappa shape index (κ3) is 2.82. The Hall–Kier alpha value is -3.03. The van der Waals surface area contributed by atoms with Crippen LogP contribution in [0.15, 0.2) is 66.7 Å². The van der Waals surface area contributed by atoms with Gasteiger partial charge in [-0.15, -0.1) is 0 Å². The molecule has 2 aromatic rings. The van der Waals surface area contributed by atoms with Gasteiger partial charge in [0.1, 0.15) is 17.5 Å². The van der Waals surface area contributed by atoms with E-state index in [9.17, 15) is 14.7 Å². The number of allylic oxidation sites excluding steroid dienone is 1. The summed E-state index contributed by atoms with van der Waals surface area (Å²) >= 11 is 0. The molecule has 7 heteroatoms. The molecule has 0 amide bonds. The van der Waals surface area contributed by atoms with E-state index < -0.39 is 40.7 Å². The third-order valence-corrected chi connectivity index (χ3v) is 8.92. The van der Waals surface area contributed by atoms with Gasteiger partial charge in [0.25, 0.3) is 0 Å². The first-order chi connectivity index (χ1) is 16.7. The van der Waals surface area contributed by atoms with Crippen molar-refractivity contribution in [1.29, 1.82) is 0 Å². The lowest BCUT2D eigenvalue weighted by atomic mass is 9.63. The maximum Gasteiger partial charge on any atom is 0.342 e. The van der Waals surface area contributed by atoms with Crippen LogP contribution < -0.4 is 5.06 Å². The molecular weight excluding hydrogens is 449 g/mol. The van der Waals surface area contributed by atoms with E-state index in [1.165, 1.54) is 12.1 Å². The van der Waals surface area contributed by atoms with Gasteiger partial charge in [0.2, 0.25) is 5.60 Å². The Morgan fingerprint density at radius 1 is 1.06 bits per heavy atom. The number of nitrogens with zero attached hydrogens (tertiary/aromatic N) is 1. The number of carbonyl (C=O) groups is 2. The number of benzene rings is 2. The molecule has 0 bridgehead atoms. The summed E-state index contributed by atoms with van der Waals surface area (Å²) in [5.41, 5.74) is -3.02. The van der Waals surface area contributed by atoms with Gasteiger partial charge in [-0.05, 0) is 56.0 Å². The standard InChI is InChI=1S/C28H28FNO5/c1-17-12-13-20-24(26(2)23(31)14-15-28(17,26)33)34-25(32)27(20)16-22(19-10-6-7-11-21(19)29)30(35-27)18-8-4-3-5-9-18/h3-11,14-15,17,20,22,24,33H,12-13,16H2,1-2H3/t17-,20+,22+,24+,26-,27?,28+/m0/s1. The van der Waals surface area contributed by atoms with Crippen LogP contribution >= 0.6 is 0 Å². The normalized spacial score (nSPS) is 40.1. The number of halogens is 1. The lowest BCUT2D eigenvalue weighted by Gasteiger charge is -2.43. The van der Waals surface area contributed by atoms with E-state index in [0.29, 0.717) is 24.1 Å². The summed E-state index contributed by atoms with van der Waals surface area (Å²) in [6.45, 7) is 3.62. The Bertz CT molecular complexity index is 1230. The van der Waals surface area contributed by atoms with Crippen molar-refractivity contribution >= 4 is 17.4 Å². The van der Waals surface area contributed by atoms with Gasteiger partial charge in [-0.3, -0.25) is 9.63 Å². The molecule has 182 valence electrons. The van der Waals surface area contributed by atoms with Gasteiger partial charge in [0.05, 0.1) is 17.1 Å². The van der Waals surface area contributed by atoms with Crippen LogP contribution in [-0.4, -0.2) is 34.2 Å². The zero-order chi connectivity index (χ0) is 24.6. The second-order valence-corrected chi connectivity index (χ2v) is 10.5. The van der Waals surface area contributed by atoms with Crippen LogP contribution in [-0.2, 0) is 19.2 Å². The fraction of sp³-hybridized carbons (Fsp3) is 0.429. The second-order valence-electron chi connectivity index (χ2n) is 10.5. The molecule has 7 atom stereocenters. The van der Waals surface area contributed by atoms with Crippen LogP contribution in [0.4, 0.5) is 10.1 Å². The number of aliphatic hydroxyl groups is 1. The molecule has 1 unspecified atom stereocenters. The molecule has 4 aliphatic rings. The molecule has 2 aliphatic heterocycles. The van der Waals surface area contributed by atoms with Crippen molar-refractivity contribution in [2.75, 3.05) is 5.06 Å². The van der Waals surface area contributed by atoms with Crippen molar-refractivity contribution < 1.29 is 28.7 Å². The summed E-state index contributed by atoms with van der Waals surface area (Å²) in [7, 11) is 0. The van der Waals surface area contributed by atoms with E-state index in [1.807, 2.05) is 37.3 Å². The highest BCUT2D eigenvalue weighted by Crippen LogP contribution is 2.61. The summed E-state index contributed by atoms with van der Waals surface area (Å²) < 4.78 is 21.0. The molecular formula is C28H28FNO5. The summed E-state index contributed by atoms with van der Waals surface area (Å²) in [5.74, 6) is -1.90. The van der Waals surface area contributed by atoms with Crippen LogP contribution in [0.1, 0.15) is 44.7 Å². The number of hydrogen-bond acceptors (Lipinski definition) is 6. The third-order valence-electron chi connectivity index (χ3n) is 8.92. The first-order valence-electron chi connectivity index (χ1n) is 12.2. The molecule has 35 heavy (non-hydrogen) atoms. The molecule has 1 spiro atoms. The zero-order valence-corrected chi connectivity index (χ0v) is 19.7. The number of hydrogen-bond donors (Lipinski definition) is 1. The Morgan fingerprint density at radius 3 is 2.51 bits per heavy atom. The summed E-state index contributed by atoms with van der Waals surface area (Å²) in [6, 6.07) is 15.2. The van der Waals surface area contributed by atoms with Crippen LogP contribution in [0.2, 0.25) is 0 Å². The van der Waals surface area contributed by atoms with Gasteiger partial charge in [-0.2, -0.15) is 0 Å². The van der Waals surface area contributed by atoms with Crippen molar-refractivity contribution in [3.63, 3.8) is 0 Å². The number of fused-ring (bicyclic) bond motifs is 4. The first kappa shape index (κ1) is 22.4. The quantitative estimate of drug-likeness (QED) is 0.651. The monoisotopic (exact) mass is 477 g/mol. The minimum Gasteiger partial charge on any atom is -0.459 e. The molecule has 1 N–H and O–H groups in total. The molecule has 2 aliphatic carbocycles. The first-order valence-corrected chi connectivity index (χ1v) is 12.2. The molecule has 6 nitrogen and oxygen atoms in total. The zero-order valence-electron chi connectivity index (χ0n) is 19.7. The number of para-hydroxylation sites is 1. The summed E-state index contributed by atoms with van der Waals surface area (Å²) in [4.78, 5) is 33.4. The van der Waals surface area contributed by atoms with Crippen molar-refractivity contribution in [3.05, 3.63) is 78.1 Å². The molecule has 1 saturated carbocycles. The summed E-state index contributed by atoms with van der Waals surface area (Å²) in [6.07, 6.45) is 3.41. The van der Waals surface area contributed by atoms with Gasteiger partial charge < -0.3 is 9.84 Å². The Kier molecular flexibility index (Phi) is 4.80. The molecule has 0 aromatic heterocycles. The average molecular weight is 478 g/mol. The van der Waals surface area contributed by atoms with E-state index in [0.717, 1.165) is 0 Å². The van der Waals surface area contributed by atoms with Gasteiger partial charge in [-0.1, -0.05) is 43.3 Å². The number of rotatable bonds is 2. The summed E-state index contributed by atoms with van der Waals surface area (Å²) in [5, 5.41) is 13.3. The highest BCUT2D eigenvalue weighted by Gasteiger charge is 2.74. The Morgan fingerprint density at radius 2 is 1.77 bits per heavy atom. The molecule has 0 radical (unpaired) electrons. The average Bonchev–Trinajstić information content (AvgIpc) is 3.45. The fourth-order valence-corrected chi connectivity index (χ4v) is 6.81. The lowest BCUT2D eigenvalue weighted by Crippen LogP contribution is -2.57. The highest BCUT2D eigenvalue weighted by atomic mass is 19.1. The lowest BCUT2D eigenvalue weighted by molar-refractivity contribution is -0.169. The largest absolute Gasteiger partial charge is 0.459 e. The predicted octanol–water partition coefficient (Wildman–Crippen LogP) is 4.30. The number of ether oxygens (including phenoxy) is 1. The highest BCUT2D eigenvalue weighted by molar-refractivity contribution is 6.00. The van der Waals surface area contributed by atoms with Gasteiger partial charge in [0, 0.05) is 17.9 Å². The number of esters is 1.